The maximum absolute atomic E-state index is 12.1. The lowest BCUT2D eigenvalue weighted by atomic mass is 10.0. The Bertz CT molecular complexity index is 842. The number of nitrogens with one attached hydrogen (secondary N) is 2. The van der Waals surface area contributed by atoms with E-state index in [-0.39, 0.29) is 29.9 Å². The summed E-state index contributed by atoms with van der Waals surface area (Å²) in [4.78, 5) is 47.0. The summed E-state index contributed by atoms with van der Waals surface area (Å²) < 4.78 is 0. The molecule has 4 aliphatic rings. The predicted molar refractivity (Wildman–Crippen MR) is 105 cm³/mol. The molecule has 0 saturated carbocycles. The van der Waals surface area contributed by atoms with Crippen LogP contribution in [0.3, 0.4) is 0 Å². The molecule has 3 atom stereocenters. The topological polar surface area (TPSA) is 112 Å². The first-order valence-corrected chi connectivity index (χ1v) is 10.00. The molecule has 8 nitrogen and oxygen atoms in total. The molecule has 2 fully saturated rings. The number of nitrogens with zero attached hydrogens (tertiary/aromatic N) is 3. The van der Waals surface area contributed by atoms with E-state index >= 15 is 0 Å². The van der Waals surface area contributed by atoms with Crippen LogP contribution in [0.25, 0.3) is 0 Å². The average Bonchev–Trinajstić information content (AvgIpc) is 3.19. The maximum Gasteiger partial charge on any atom is 0.315 e. The molecule has 0 aromatic heterocycles. The first-order chi connectivity index (χ1) is 13.1. The molecule has 2 saturated heterocycles. The number of allylic oxidation sites excluding steroid dienone is 3. The summed E-state index contributed by atoms with van der Waals surface area (Å²) >= 11 is 1.87. The van der Waals surface area contributed by atoms with Gasteiger partial charge in [-0.2, -0.15) is 16.8 Å². The first kappa shape index (κ1) is 17.8. The van der Waals surface area contributed by atoms with Crippen molar-refractivity contribution in [3.8, 4) is 0 Å². The van der Waals surface area contributed by atoms with Crippen molar-refractivity contribution in [1.29, 1.82) is 0 Å². The van der Waals surface area contributed by atoms with Gasteiger partial charge in [0.2, 0.25) is 5.91 Å². The Kier molecular flexibility index (Phi) is 5.02. The summed E-state index contributed by atoms with van der Waals surface area (Å²) in [6.45, 7) is 0. The Morgan fingerprint density at radius 1 is 1.26 bits per heavy atom. The lowest BCUT2D eigenvalue weighted by Gasteiger charge is -2.16. The van der Waals surface area contributed by atoms with Crippen molar-refractivity contribution in [2.75, 3.05) is 5.75 Å². The first-order valence-electron chi connectivity index (χ1n) is 8.95. The molecule has 3 unspecified atom stereocenters. The molecule has 0 aromatic rings. The van der Waals surface area contributed by atoms with Gasteiger partial charge in [0.15, 0.2) is 0 Å². The molecule has 0 bridgehead atoms. The third-order valence-corrected chi connectivity index (χ3v) is 6.41. The minimum Gasteiger partial charge on any atom is -0.332 e. The van der Waals surface area contributed by atoms with Gasteiger partial charge in [0.05, 0.1) is 29.1 Å². The molecule has 4 rings (SSSR count). The number of urea groups is 1. The third kappa shape index (κ3) is 3.92. The molecule has 0 aromatic carbocycles. The zero-order chi connectivity index (χ0) is 18.8. The Hall–Kier alpha value is -2.55. The number of hydrogen-bond donors (Lipinski definition) is 2. The number of carbonyl (C=O) groups excluding carboxylic acids is 3. The minimum absolute atomic E-state index is 0.0775. The van der Waals surface area contributed by atoms with Crippen molar-refractivity contribution < 1.29 is 14.4 Å². The van der Waals surface area contributed by atoms with Crippen LogP contribution in [0, 0.1) is 0 Å². The van der Waals surface area contributed by atoms with Gasteiger partial charge in [-0.15, -0.1) is 0 Å². The summed E-state index contributed by atoms with van der Waals surface area (Å²) in [5.74, 6) is 0.368. The standard InChI is InChI=1S/C18H19N5O3S/c24-15(21-10-5-6-12-11(7-10)17(25)20-9-19-12)4-2-1-3-14-16-13(8-27-14)22-18(26)23-16/h5-7,9,13-14,16H,1-4,8H2,(H2,22,23,26). The van der Waals surface area contributed by atoms with Crippen molar-refractivity contribution in [1.82, 2.24) is 10.6 Å². The van der Waals surface area contributed by atoms with Crippen LogP contribution >= 0.6 is 11.8 Å². The van der Waals surface area contributed by atoms with Gasteiger partial charge in [0.25, 0.3) is 5.91 Å². The smallest absolute Gasteiger partial charge is 0.315 e. The maximum atomic E-state index is 12.1. The van der Waals surface area contributed by atoms with Gasteiger partial charge >= 0.3 is 6.03 Å². The van der Waals surface area contributed by atoms with Gasteiger partial charge in [-0.05, 0) is 31.1 Å². The lowest BCUT2D eigenvalue weighted by Crippen LogP contribution is -2.36. The summed E-state index contributed by atoms with van der Waals surface area (Å²) in [5.41, 5.74) is 1.36. The largest absolute Gasteiger partial charge is 0.332 e. The number of hydrogen-bond acceptors (Lipinski definition) is 5. The summed E-state index contributed by atoms with van der Waals surface area (Å²) in [6, 6.07) is 0.349. The monoisotopic (exact) mass is 385 g/mol. The van der Waals surface area contributed by atoms with Crippen molar-refractivity contribution in [2.45, 2.75) is 43.0 Å². The highest BCUT2D eigenvalue weighted by molar-refractivity contribution is 8.00. The van der Waals surface area contributed by atoms with Crippen LogP contribution in [0.15, 0.2) is 38.8 Å². The van der Waals surface area contributed by atoms with E-state index < -0.39 is 0 Å². The highest BCUT2D eigenvalue weighted by Gasteiger charge is 2.42. The van der Waals surface area contributed by atoms with E-state index in [0.29, 0.717) is 28.7 Å². The van der Waals surface area contributed by atoms with Gasteiger partial charge in [-0.1, -0.05) is 6.42 Å². The summed E-state index contributed by atoms with van der Waals surface area (Å²) in [7, 11) is 0. The molecule has 0 spiro atoms. The van der Waals surface area contributed by atoms with Crippen molar-refractivity contribution in [2.24, 2.45) is 15.0 Å². The van der Waals surface area contributed by atoms with Gasteiger partial charge in [0, 0.05) is 17.4 Å². The van der Waals surface area contributed by atoms with E-state index in [0.717, 1.165) is 25.0 Å². The Labute approximate surface area is 160 Å². The van der Waals surface area contributed by atoms with Crippen LogP contribution in [0.1, 0.15) is 25.7 Å². The molecule has 3 aliphatic heterocycles. The summed E-state index contributed by atoms with van der Waals surface area (Å²) in [6.07, 6.45) is 9.12. The zero-order valence-corrected chi connectivity index (χ0v) is 15.4. The molecule has 140 valence electrons. The fraction of sp³-hybridized carbons (Fsp3) is 0.444. The fourth-order valence-electron chi connectivity index (χ4n) is 3.56. The Morgan fingerprint density at radius 3 is 3.04 bits per heavy atom. The van der Waals surface area contributed by atoms with Gasteiger partial charge < -0.3 is 10.6 Å². The van der Waals surface area contributed by atoms with Crippen LogP contribution in [-0.2, 0) is 9.59 Å². The van der Waals surface area contributed by atoms with Crippen LogP contribution in [0.5, 0.6) is 0 Å². The van der Waals surface area contributed by atoms with E-state index in [4.69, 9.17) is 0 Å². The quantitative estimate of drug-likeness (QED) is 0.420. The highest BCUT2D eigenvalue weighted by Crippen LogP contribution is 2.33. The number of unbranched alkanes of at least 4 members (excludes halogenated alkanes) is 1. The molecule has 3 heterocycles. The second-order valence-corrected chi connectivity index (χ2v) is 8.03. The third-order valence-electron chi connectivity index (χ3n) is 4.90. The van der Waals surface area contributed by atoms with Crippen LogP contribution in [0.4, 0.5) is 4.79 Å². The number of amides is 4. The summed E-state index contributed by atoms with van der Waals surface area (Å²) in [5, 5.41) is 6.30. The van der Waals surface area contributed by atoms with Gasteiger partial charge in [-0.25, -0.2) is 14.8 Å². The molecule has 2 N–H and O–H groups in total. The van der Waals surface area contributed by atoms with Crippen molar-refractivity contribution in [3.63, 3.8) is 0 Å². The van der Waals surface area contributed by atoms with E-state index in [1.165, 1.54) is 6.34 Å². The van der Waals surface area contributed by atoms with E-state index in [1.54, 1.807) is 18.2 Å². The second-order valence-electron chi connectivity index (χ2n) is 6.75. The molecular formula is C18H19N5O3S. The number of rotatable bonds is 5. The molecular weight excluding hydrogens is 366 g/mol. The van der Waals surface area contributed by atoms with Crippen LogP contribution in [-0.4, -0.2) is 58.7 Å². The van der Waals surface area contributed by atoms with Crippen LogP contribution < -0.4 is 10.6 Å². The van der Waals surface area contributed by atoms with E-state index in [1.807, 2.05) is 11.8 Å². The fourth-order valence-corrected chi connectivity index (χ4v) is 5.10. The average molecular weight is 385 g/mol. The molecule has 27 heavy (non-hydrogen) atoms. The van der Waals surface area contributed by atoms with E-state index in [9.17, 15) is 14.4 Å². The number of fused-ring (bicyclic) bond motifs is 2. The Balaban J connectivity index is 1.24. The van der Waals surface area contributed by atoms with E-state index in [2.05, 4.69) is 25.6 Å². The molecule has 4 amide bonds. The zero-order valence-electron chi connectivity index (χ0n) is 14.6. The van der Waals surface area contributed by atoms with Crippen molar-refractivity contribution >= 4 is 47.4 Å². The number of carbonyl (C=O) groups is 3. The number of thioether (sulfide) groups is 1. The molecule has 0 radical (unpaired) electrons. The minimum atomic E-state index is -0.370. The second kappa shape index (κ2) is 7.59. The Morgan fingerprint density at radius 2 is 2.15 bits per heavy atom. The predicted octanol–water partition coefficient (Wildman–Crippen LogP) is 1.19. The van der Waals surface area contributed by atoms with Gasteiger partial charge in [-0.3, -0.25) is 9.59 Å². The molecule has 1 aliphatic carbocycles. The lowest BCUT2D eigenvalue weighted by molar-refractivity contribution is -0.118. The number of aliphatic imine (C=N–C) groups is 3. The SMILES string of the molecule is O=C(CCCCC1SCC2NC(=O)NC21)N=C1C=CC2=NC=NC(=O)C2=C1. The highest BCUT2D eigenvalue weighted by atomic mass is 32.2. The van der Waals surface area contributed by atoms with Crippen LogP contribution in [0.2, 0.25) is 0 Å². The normalized spacial score (nSPS) is 29.8. The van der Waals surface area contributed by atoms with Gasteiger partial charge in [0.1, 0.15) is 6.34 Å². The van der Waals surface area contributed by atoms with Crippen molar-refractivity contribution in [3.05, 3.63) is 23.8 Å². The molecule has 9 heteroatoms.